The standard InChI is InChI=1S/C25H22F3N3O2S2/c1-15-7-4-5-12-29(15)20(32)14-30-22-21(16-8-6-9-17(13-16)25(26,27)28)35-24(34)31(22)19-11-3-2-10-18(19)23(30)33/h2-3,6,8-11,13,15H,4-5,7,12,14H2,1H3. The van der Waals surface area contributed by atoms with Crippen molar-refractivity contribution in [2.75, 3.05) is 6.54 Å². The van der Waals surface area contributed by atoms with Crippen LogP contribution in [0.3, 0.4) is 0 Å². The fourth-order valence-electron chi connectivity index (χ4n) is 4.78. The second kappa shape index (κ2) is 8.91. The molecule has 182 valence electrons. The number of hydrogen-bond acceptors (Lipinski definition) is 4. The topological polar surface area (TPSA) is 46.7 Å². The van der Waals surface area contributed by atoms with Crippen LogP contribution in [0.2, 0.25) is 0 Å². The Kier molecular flexibility index (Phi) is 6.04. The summed E-state index contributed by atoms with van der Waals surface area (Å²) in [7, 11) is 0. The van der Waals surface area contributed by atoms with Gasteiger partial charge in [0.2, 0.25) is 5.91 Å². The minimum absolute atomic E-state index is 0.0653. The number of carbonyl (C=O) groups excluding carboxylic acids is 1. The molecule has 1 unspecified atom stereocenters. The number of fused-ring (bicyclic) bond motifs is 3. The van der Waals surface area contributed by atoms with Crippen molar-refractivity contribution in [1.29, 1.82) is 0 Å². The molecule has 1 amide bonds. The molecule has 0 N–H and O–H groups in total. The van der Waals surface area contributed by atoms with Gasteiger partial charge in [-0.2, -0.15) is 13.2 Å². The van der Waals surface area contributed by atoms with E-state index in [0.29, 0.717) is 37.5 Å². The van der Waals surface area contributed by atoms with Crippen LogP contribution in [0.4, 0.5) is 13.2 Å². The summed E-state index contributed by atoms with van der Waals surface area (Å²) < 4.78 is 43.8. The van der Waals surface area contributed by atoms with Gasteiger partial charge in [0.05, 0.1) is 21.3 Å². The van der Waals surface area contributed by atoms with Crippen molar-refractivity contribution in [3.05, 3.63) is 68.4 Å². The second-order valence-corrected chi connectivity index (χ2v) is 10.4. The van der Waals surface area contributed by atoms with E-state index in [-0.39, 0.29) is 24.1 Å². The van der Waals surface area contributed by atoms with E-state index >= 15 is 0 Å². The number of thiazole rings is 1. The molecule has 2 aromatic carbocycles. The van der Waals surface area contributed by atoms with Gasteiger partial charge in [-0.25, -0.2) is 0 Å². The third-order valence-electron chi connectivity index (χ3n) is 6.53. The van der Waals surface area contributed by atoms with Crippen LogP contribution < -0.4 is 5.56 Å². The molecule has 1 saturated heterocycles. The molecule has 1 fully saturated rings. The maximum atomic E-state index is 13.6. The molecule has 35 heavy (non-hydrogen) atoms. The lowest BCUT2D eigenvalue weighted by atomic mass is 10.0. The number of piperidine rings is 1. The number of likely N-dealkylation sites (tertiary alicyclic amines) is 1. The summed E-state index contributed by atoms with van der Waals surface area (Å²) in [6, 6.07) is 12.0. The molecule has 0 saturated carbocycles. The Labute approximate surface area is 208 Å². The first-order chi connectivity index (χ1) is 16.7. The van der Waals surface area contributed by atoms with E-state index in [1.165, 1.54) is 10.6 Å². The van der Waals surface area contributed by atoms with Crippen molar-refractivity contribution in [3.8, 4) is 10.4 Å². The molecule has 10 heteroatoms. The number of aromatic nitrogens is 2. The maximum absolute atomic E-state index is 13.6. The van der Waals surface area contributed by atoms with E-state index in [9.17, 15) is 22.8 Å². The molecule has 1 aliphatic heterocycles. The number of carbonyl (C=O) groups is 1. The Bertz CT molecular complexity index is 1570. The van der Waals surface area contributed by atoms with Crippen LogP contribution in [0, 0.1) is 3.95 Å². The minimum Gasteiger partial charge on any atom is -0.338 e. The summed E-state index contributed by atoms with van der Waals surface area (Å²) in [5, 5.41) is 0.393. The smallest absolute Gasteiger partial charge is 0.338 e. The van der Waals surface area contributed by atoms with Gasteiger partial charge in [0.25, 0.3) is 5.56 Å². The molecular formula is C25H22F3N3O2S2. The molecule has 1 aliphatic rings. The molecule has 4 aromatic rings. The Morgan fingerprint density at radius 1 is 1.14 bits per heavy atom. The Morgan fingerprint density at radius 3 is 2.66 bits per heavy atom. The Morgan fingerprint density at radius 2 is 1.91 bits per heavy atom. The van der Waals surface area contributed by atoms with E-state index in [1.807, 2.05) is 6.92 Å². The van der Waals surface area contributed by atoms with Gasteiger partial charge in [0.15, 0.2) is 3.95 Å². The van der Waals surface area contributed by atoms with E-state index in [2.05, 4.69) is 0 Å². The molecule has 0 radical (unpaired) electrons. The quantitative estimate of drug-likeness (QED) is 0.307. The van der Waals surface area contributed by atoms with Gasteiger partial charge >= 0.3 is 6.18 Å². The first-order valence-electron chi connectivity index (χ1n) is 11.3. The Hall–Kier alpha value is -2.98. The van der Waals surface area contributed by atoms with Gasteiger partial charge in [-0.1, -0.05) is 24.3 Å². The predicted molar refractivity (Wildman–Crippen MR) is 133 cm³/mol. The largest absolute Gasteiger partial charge is 0.416 e. The highest BCUT2D eigenvalue weighted by atomic mass is 32.1. The fraction of sp³-hybridized carbons (Fsp3) is 0.320. The molecule has 2 aromatic heterocycles. The minimum atomic E-state index is -4.51. The number of halogens is 3. The molecule has 5 rings (SSSR count). The van der Waals surface area contributed by atoms with Gasteiger partial charge in [-0.15, -0.1) is 11.3 Å². The van der Waals surface area contributed by atoms with Crippen LogP contribution in [-0.2, 0) is 17.5 Å². The number of alkyl halides is 3. The number of amides is 1. The molecule has 3 heterocycles. The summed E-state index contributed by atoms with van der Waals surface area (Å²) in [5.41, 5.74) is 0.0173. The second-order valence-electron chi connectivity index (χ2n) is 8.78. The van der Waals surface area contributed by atoms with Gasteiger partial charge < -0.3 is 4.90 Å². The summed E-state index contributed by atoms with van der Waals surface area (Å²) in [6.07, 6.45) is -1.67. The van der Waals surface area contributed by atoms with Gasteiger partial charge in [0, 0.05) is 12.6 Å². The van der Waals surface area contributed by atoms with Crippen molar-refractivity contribution < 1.29 is 18.0 Å². The normalized spacial score (nSPS) is 16.8. The lowest BCUT2D eigenvalue weighted by molar-refractivity contribution is -0.137. The summed E-state index contributed by atoms with van der Waals surface area (Å²) in [5.74, 6) is -0.191. The van der Waals surface area contributed by atoms with Crippen LogP contribution >= 0.6 is 23.6 Å². The molecule has 5 nitrogen and oxygen atoms in total. The third kappa shape index (κ3) is 4.18. The monoisotopic (exact) mass is 517 g/mol. The zero-order valence-corrected chi connectivity index (χ0v) is 20.5. The lowest BCUT2D eigenvalue weighted by Gasteiger charge is -2.33. The van der Waals surface area contributed by atoms with Crippen LogP contribution in [0.5, 0.6) is 0 Å². The average molecular weight is 518 g/mol. The predicted octanol–water partition coefficient (Wildman–Crippen LogP) is 6.13. The molecule has 1 atom stereocenters. The zero-order valence-electron chi connectivity index (χ0n) is 18.8. The highest BCUT2D eigenvalue weighted by molar-refractivity contribution is 7.73. The highest BCUT2D eigenvalue weighted by Crippen LogP contribution is 2.37. The van der Waals surface area contributed by atoms with Crippen molar-refractivity contribution >= 4 is 46.0 Å². The van der Waals surface area contributed by atoms with Gasteiger partial charge in [-0.05, 0) is 68.2 Å². The van der Waals surface area contributed by atoms with E-state index in [1.54, 1.807) is 39.6 Å². The summed E-state index contributed by atoms with van der Waals surface area (Å²) >= 11 is 6.74. The highest BCUT2D eigenvalue weighted by Gasteiger charge is 2.31. The SMILES string of the molecule is CC1CCCCN1C(=O)Cn1c(=O)c2ccccc2n2c(=S)sc(-c3cccc(C(F)(F)F)c3)c12. The van der Waals surface area contributed by atoms with Crippen LogP contribution in [0.25, 0.3) is 27.0 Å². The van der Waals surface area contributed by atoms with Crippen molar-refractivity contribution in [2.24, 2.45) is 0 Å². The fourth-order valence-corrected chi connectivity index (χ4v) is 6.20. The molecule has 0 aliphatic carbocycles. The number of para-hydroxylation sites is 1. The zero-order chi connectivity index (χ0) is 24.9. The first kappa shape index (κ1) is 23.7. The van der Waals surface area contributed by atoms with Gasteiger partial charge in [-0.3, -0.25) is 18.6 Å². The molecular weight excluding hydrogens is 495 g/mol. The van der Waals surface area contributed by atoms with E-state index in [4.69, 9.17) is 12.2 Å². The number of rotatable bonds is 3. The molecule has 0 bridgehead atoms. The first-order valence-corrected chi connectivity index (χ1v) is 12.5. The summed E-state index contributed by atoms with van der Waals surface area (Å²) in [6.45, 7) is 2.40. The van der Waals surface area contributed by atoms with Crippen molar-refractivity contribution in [1.82, 2.24) is 13.9 Å². The van der Waals surface area contributed by atoms with E-state index in [0.717, 1.165) is 42.7 Å². The maximum Gasteiger partial charge on any atom is 0.416 e. The molecule has 0 spiro atoms. The average Bonchev–Trinajstić information content (AvgIpc) is 3.18. The number of benzene rings is 2. The van der Waals surface area contributed by atoms with Crippen LogP contribution in [0.15, 0.2) is 53.3 Å². The van der Waals surface area contributed by atoms with Crippen LogP contribution in [0.1, 0.15) is 31.7 Å². The van der Waals surface area contributed by atoms with Crippen LogP contribution in [-0.4, -0.2) is 32.4 Å². The van der Waals surface area contributed by atoms with Gasteiger partial charge in [0.1, 0.15) is 12.2 Å². The third-order valence-corrected chi connectivity index (χ3v) is 7.94. The van der Waals surface area contributed by atoms with Crippen molar-refractivity contribution in [3.63, 3.8) is 0 Å². The number of hydrogen-bond donors (Lipinski definition) is 0. The Balaban J connectivity index is 1.77. The van der Waals surface area contributed by atoms with E-state index < -0.39 is 11.7 Å². The summed E-state index contributed by atoms with van der Waals surface area (Å²) in [4.78, 5) is 29.2. The lowest BCUT2D eigenvalue weighted by Crippen LogP contribution is -2.44. The van der Waals surface area contributed by atoms with Crippen molar-refractivity contribution in [2.45, 2.75) is 44.9 Å². The number of nitrogens with zero attached hydrogens (tertiary/aromatic N) is 3.